The summed E-state index contributed by atoms with van der Waals surface area (Å²) in [4.78, 5) is 8.91. The standard InChI is InChI=1S/C16H23N3O/c1-5-20-11-19-13(4)18-16(12(2)3)15(19)9-14-7-6-8-17-10-14/h6-8,10,12H,5,9,11H2,1-4H3. The quantitative estimate of drug-likeness (QED) is 0.810. The Morgan fingerprint density at radius 3 is 2.75 bits per heavy atom. The fourth-order valence-electron chi connectivity index (χ4n) is 2.33. The van der Waals surface area contributed by atoms with Gasteiger partial charge < -0.3 is 9.30 Å². The molecular weight excluding hydrogens is 250 g/mol. The number of imidazole rings is 1. The van der Waals surface area contributed by atoms with Crippen LogP contribution in [0.15, 0.2) is 24.5 Å². The maximum atomic E-state index is 5.58. The second-order valence-corrected chi connectivity index (χ2v) is 5.23. The van der Waals surface area contributed by atoms with Gasteiger partial charge in [-0.1, -0.05) is 19.9 Å². The molecule has 0 spiro atoms. The first-order chi connectivity index (χ1) is 9.63. The molecule has 0 radical (unpaired) electrons. The molecule has 2 aromatic rings. The lowest BCUT2D eigenvalue weighted by molar-refractivity contribution is 0.0846. The summed E-state index contributed by atoms with van der Waals surface area (Å²) in [6.45, 7) is 9.69. The molecule has 0 aromatic carbocycles. The van der Waals surface area contributed by atoms with Crippen LogP contribution < -0.4 is 0 Å². The van der Waals surface area contributed by atoms with Crippen LogP contribution in [0.1, 0.15) is 49.5 Å². The second kappa shape index (κ2) is 6.66. The molecule has 0 saturated heterocycles. The second-order valence-electron chi connectivity index (χ2n) is 5.23. The van der Waals surface area contributed by atoms with Gasteiger partial charge in [-0.05, 0) is 31.4 Å². The van der Waals surface area contributed by atoms with Gasteiger partial charge in [0, 0.05) is 31.1 Å². The minimum absolute atomic E-state index is 0.406. The molecule has 0 unspecified atom stereocenters. The number of nitrogens with zero attached hydrogens (tertiary/aromatic N) is 3. The Morgan fingerprint density at radius 2 is 2.15 bits per heavy atom. The third kappa shape index (κ3) is 3.25. The van der Waals surface area contributed by atoms with Crippen LogP contribution in [0, 0.1) is 6.92 Å². The molecule has 4 nitrogen and oxygen atoms in total. The third-order valence-corrected chi connectivity index (χ3v) is 3.36. The molecule has 2 heterocycles. The Bertz CT molecular complexity index is 546. The van der Waals surface area contributed by atoms with Gasteiger partial charge in [0.1, 0.15) is 12.6 Å². The molecule has 2 rings (SSSR count). The Morgan fingerprint density at radius 1 is 1.35 bits per heavy atom. The largest absolute Gasteiger partial charge is 0.361 e. The molecule has 20 heavy (non-hydrogen) atoms. The van der Waals surface area contributed by atoms with E-state index in [0.29, 0.717) is 19.3 Å². The molecule has 0 bridgehead atoms. The van der Waals surface area contributed by atoms with Crippen LogP contribution in [0.5, 0.6) is 0 Å². The average molecular weight is 273 g/mol. The number of rotatable bonds is 6. The highest BCUT2D eigenvalue weighted by Crippen LogP contribution is 2.23. The molecule has 0 fully saturated rings. The lowest BCUT2D eigenvalue weighted by Gasteiger charge is -2.12. The van der Waals surface area contributed by atoms with Gasteiger partial charge in [-0.2, -0.15) is 0 Å². The van der Waals surface area contributed by atoms with E-state index in [2.05, 4.69) is 29.5 Å². The van der Waals surface area contributed by atoms with Crippen LogP contribution in [0.4, 0.5) is 0 Å². The van der Waals surface area contributed by atoms with Gasteiger partial charge in [0.2, 0.25) is 0 Å². The topological polar surface area (TPSA) is 39.9 Å². The van der Waals surface area contributed by atoms with Crippen LogP contribution in [0.3, 0.4) is 0 Å². The van der Waals surface area contributed by atoms with Gasteiger partial charge in [0.05, 0.1) is 5.69 Å². The molecule has 0 aliphatic heterocycles. The smallest absolute Gasteiger partial charge is 0.124 e. The van der Waals surface area contributed by atoms with Gasteiger partial charge in [0.25, 0.3) is 0 Å². The van der Waals surface area contributed by atoms with E-state index >= 15 is 0 Å². The fourth-order valence-corrected chi connectivity index (χ4v) is 2.33. The predicted molar refractivity (Wildman–Crippen MR) is 79.7 cm³/mol. The molecule has 0 atom stereocenters. The van der Waals surface area contributed by atoms with Gasteiger partial charge in [-0.3, -0.25) is 4.98 Å². The summed E-state index contributed by atoms with van der Waals surface area (Å²) < 4.78 is 7.75. The van der Waals surface area contributed by atoms with E-state index in [1.807, 2.05) is 26.1 Å². The highest BCUT2D eigenvalue weighted by molar-refractivity contribution is 5.26. The highest BCUT2D eigenvalue weighted by Gasteiger charge is 2.17. The molecular formula is C16H23N3O. The summed E-state index contributed by atoms with van der Waals surface area (Å²) in [5, 5.41) is 0. The van der Waals surface area contributed by atoms with E-state index < -0.39 is 0 Å². The molecule has 0 amide bonds. The van der Waals surface area contributed by atoms with Crippen LogP contribution in [-0.4, -0.2) is 21.1 Å². The van der Waals surface area contributed by atoms with E-state index in [9.17, 15) is 0 Å². The van der Waals surface area contributed by atoms with Crippen molar-refractivity contribution in [2.24, 2.45) is 0 Å². The molecule has 0 N–H and O–H groups in total. The summed E-state index contributed by atoms with van der Waals surface area (Å²) in [7, 11) is 0. The zero-order chi connectivity index (χ0) is 14.5. The Hall–Kier alpha value is -1.68. The Labute approximate surface area is 120 Å². The Balaban J connectivity index is 2.36. The normalized spacial score (nSPS) is 11.2. The summed E-state index contributed by atoms with van der Waals surface area (Å²) in [5.41, 5.74) is 3.59. The van der Waals surface area contributed by atoms with Crippen molar-refractivity contribution in [1.29, 1.82) is 0 Å². The van der Waals surface area contributed by atoms with E-state index in [0.717, 1.165) is 17.9 Å². The van der Waals surface area contributed by atoms with Crippen LogP contribution in [-0.2, 0) is 17.9 Å². The van der Waals surface area contributed by atoms with Crippen LogP contribution in [0.25, 0.3) is 0 Å². The van der Waals surface area contributed by atoms with Crippen molar-refractivity contribution in [1.82, 2.24) is 14.5 Å². The predicted octanol–water partition coefficient (Wildman–Crippen LogP) is 3.29. The first-order valence-electron chi connectivity index (χ1n) is 7.16. The van der Waals surface area contributed by atoms with E-state index in [4.69, 9.17) is 9.72 Å². The number of hydrogen-bond acceptors (Lipinski definition) is 3. The van der Waals surface area contributed by atoms with E-state index in [1.165, 1.54) is 11.3 Å². The van der Waals surface area contributed by atoms with Crippen molar-refractivity contribution >= 4 is 0 Å². The van der Waals surface area contributed by atoms with Crippen molar-refractivity contribution in [3.8, 4) is 0 Å². The zero-order valence-corrected chi connectivity index (χ0v) is 12.8. The minimum atomic E-state index is 0.406. The molecule has 4 heteroatoms. The van der Waals surface area contributed by atoms with Gasteiger partial charge >= 0.3 is 0 Å². The molecule has 108 valence electrons. The molecule has 0 aliphatic rings. The van der Waals surface area contributed by atoms with Gasteiger partial charge in [0.15, 0.2) is 0 Å². The zero-order valence-electron chi connectivity index (χ0n) is 12.8. The first-order valence-corrected chi connectivity index (χ1v) is 7.16. The molecule has 2 aromatic heterocycles. The molecule has 0 aliphatic carbocycles. The van der Waals surface area contributed by atoms with Gasteiger partial charge in [-0.25, -0.2) is 4.98 Å². The lowest BCUT2D eigenvalue weighted by Crippen LogP contribution is -2.10. The van der Waals surface area contributed by atoms with Crippen molar-refractivity contribution < 1.29 is 4.74 Å². The van der Waals surface area contributed by atoms with Crippen molar-refractivity contribution in [3.05, 3.63) is 47.3 Å². The Kier molecular flexibility index (Phi) is 4.90. The van der Waals surface area contributed by atoms with Gasteiger partial charge in [-0.15, -0.1) is 0 Å². The maximum absolute atomic E-state index is 5.58. The lowest BCUT2D eigenvalue weighted by atomic mass is 10.0. The van der Waals surface area contributed by atoms with Crippen LogP contribution in [0.2, 0.25) is 0 Å². The monoisotopic (exact) mass is 273 g/mol. The maximum Gasteiger partial charge on any atom is 0.124 e. The van der Waals surface area contributed by atoms with Crippen molar-refractivity contribution in [2.75, 3.05) is 6.61 Å². The summed E-state index contributed by atoms with van der Waals surface area (Å²) in [6.07, 6.45) is 4.56. The average Bonchev–Trinajstić information content (AvgIpc) is 2.74. The summed E-state index contributed by atoms with van der Waals surface area (Å²) >= 11 is 0. The third-order valence-electron chi connectivity index (χ3n) is 3.36. The van der Waals surface area contributed by atoms with E-state index in [-0.39, 0.29) is 0 Å². The summed E-state index contributed by atoms with van der Waals surface area (Å²) in [6, 6.07) is 4.07. The number of pyridine rings is 1. The number of aromatic nitrogens is 3. The molecule has 0 saturated carbocycles. The SMILES string of the molecule is CCOCn1c(C)nc(C(C)C)c1Cc1cccnc1. The minimum Gasteiger partial charge on any atom is -0.361 e. The highest BCUT2D eigenvalue weighted by atomic mass is 16.5. The number of ether oxygens (including phenoxy) is 1. The number of hydrogen-bond donors (Lipinski definition) is 0. The number of aryl methyl sites for hydroxylation is 1. The van der Waals surface area contributed by atoms with E-state index in [1.54, 1.807) is 6.20 Å². The van der Waals surface area contributed by atoms with Crippen LogP contribution >= 0.6 is 0 Å². The fraction of sp³-hybridized carbons (Fsp3) is 0.500. The first kappa shape index (κ1) is 14.7. The van der Waals surface area contributed by atoms with Crippen molar-refractivity contribution in [3.63, 3.8) is 0 Å². The van der Waals surface area contributed by atoms with Crippen molar-refractivity contribution in [2.45, 2.75) is 46.8 Å². The summed E-state index contributed by atoms with van der Waals surface area (Å²) in [5.74, 6) is 1.42.